The molecule has 1 amide bonds. The van der Waals surface area contributed by atoms with Crippen LogP contribution in [0.3, 0.4) is 0 Å². The van der Waals surface area contributed by atoms with E-state index in [9.17, 15) is 22.8 Å². The molecule has 0 aliphatic carbocycles. The van der Waals surface area contributed by atoms with Crippen molar-refractivity contribution in [2.75, 3.05) is 26.2 Å². The summed E-state index contributed by atoms with van der Waals surface area (Å²) in [5.74, 6) is -0.485. The summed E-state index contributed by atoms with van der Waals surface area (Å²) < 4.78 is 57.4. The van der Waals surface area contributed by atoms with Gasteiger partial charge in [-0.15, -0.1) is 0 Å². The maximum Gasteiger partial charge on any atom is 0.419 e. The number of likely N-dealkylation sites (tertiary alicyclic amines) is 1. The van der Waals surface area contributed by atoms with E-state index >= 15 is 0 Å². The van der Waals surface area contributed by atoms with E-state index in [0.29, 0.717) is 17.7 Å². The third-order valence-corrected chi connectivity index (χ3v) is 4.94. The Morgan fingerprint density at radius 3 is 2.59 bits per heavy atom. The average molecular weight is 463 g/mol. The number of halogens is 3. The van der Waals surface area contributed by atoms with Crippen molar-refractivity contribution >= 4 is 12.1 Å². The Morgan fingerprint density at radius 1 is 1.31 bits per heavy atom. The first kappa shape index (κ1) is 26.0. The van der Waals surface area contributed by atoms with E-state index in [1.807, 2.05) is 0 Å². The quantitative estimate of drug-likeness (QED) is 0.452. The molecule has 1 fully saturated rings. The van der Waals surface area contributed by atoms with Gasteiger partial charge in [-0.25, -0.2) is 9.59 Å². The Labute approximate surface area is 185 Å². The Bertz CT molecular complexity index is 790. The lowest BCUT2D eigenvalue weighted by Crippen LogP contribution is -2.54. The number of nitrogens with zero attached hydrogens (tertiary/aromatic N) is 1. The van der Waals surface area contributed by atoms with Gasteiger partial charge in [0, 0.05) is 25.7 Å². The van der Waals surface area contributed by atoms with E-state index in [4.69, 9.17) is 14.2 Å². The summed E-state index contributed by atoms with van der Waals surface area (Å²) in [7, 11) is 0. The minimum absolute atomic E-state index is 0.118. The molecule has 1 aromatic heterocycles. The number of hydrogen-bond acceptors (Lipinski definition) is 6. The summed E-state index contributed by atoms with van der Waals surface area (Å²) in [5, 5.41) is 2.90. The molecule has 1 aromatic rings. The number of esters is 1. The number of aromatic amines is 1. The van der Waals surface area contributed by atoms with Gasteiger partial charge in [0.1, 0.15) is 17.5 Å². The molecular formula is C21H32F3N3O5. The zero-order valence-electron chi connectivity index (χ0n) is 19.1. The van der Waals surface area contributed by atoms with Crippen LogP contribution >= 0.6 is 0 Å². The highest BCUT2D eigenvalue weighted by molar-refractivity contribution is 5.89. The number of carbonyl (C=O) groups is 2. The molecule has 0 bridgehead atoms. The summed E-state index contributed by atoms with van der Waals surface area (Å²) in [6, 6.07) is 1.71. The second-order valence-electron chi connectivity index (χ2n) is 8.71. The average Bonchev–Trinajstić information content (AvgIpc) is 3.28. The Kier molecular flexibility index (Phi) is 8.22. The van der Waals surface area contributed by atoms with Crippen molar-refractivity contribution in [2.24, 2.45) is 0 Å². The fraction of sp³-hybridized carbons (Fsp3) is 0.714. The number of ether oxygens (including phenoxy) is 3. The fourth-order valence-corrected chi connectivity index (χ4v) is 3.45. The molecule has 1 aliphatic heterocycles. The predicted molar refractivity (Wildman–Crippen MR) is 110 cm³/mol. The van der Waals surface area contributed by atoms with Crippen molar-refractivity contribution in [2.45, 2.75) is 71.1 Å². The lowest BCUT2D eigenvalue weighted by Gasteiger charge is -2.34. The van der Waals surface area contributed by atoms with Crippen LogP contribution < -0.4 is 5.32 Å². The van der Waals surface area contributed by atoms with Crippen LogP contribution in [0, 0.1) is 0 Å². The molecule has 0 radical (unpaired) electrons. The maximum absolute atomic E-state index is 13.9. The highest BCUT2D eigenvalue weighted by Crippen LogP contribution is 2.41. The molecule has 0 spiro atoms. The second kappa shape index (κ2) is 10.1. The summed E-state index contributed by atoms with van der Waals surface area (Å²) in [4.78, 5) is 28.0. The number of amides is 1. The van der Waals surface area contributed by atoms with Crippen molar-refractivity contribution in [1.29, 1.82) is 0 Å². The molecule has 2 rings (SSSR count). The molecule has 0 saturated carbocycles. The zero-order chi connectivity index (χ0) is 24.2. The molecule has 182 valence electrons. The Hall–Kier alpha value is -2.27. The summed E-state index contributed by atoms with van der Waals surface area (Å²) >= 11 is 0. The second-order valence-corrected chi connectivity index (χ2v) is 8.71. The molecule has 32 heavy (non-hydrogen) atoms. The summed E-state index contributed by atoms with van der Waals surface area (Å²) in [6.45, 7) is 7.89. The van der Waals surface area contributed by atoms with E-state index in [1.54, 1.807) is 40.0 Å². The number of carbonyl (C=O) groups excluding carboxylic acids is 2. The molecule has 2 unspecified atom stereocenters. The van der Waals surface area contributed by atoms with Gasteiger partial charge in [0.05, 0.1) is 13.2 Å². The summed E-state index contributed by atoms with van der Waals surface area (Å²) in [6.07, 6.45) is -4.81. The minimum Gasteiger partial charge on any atom is -0.461 e. The van der Waals surface area contributed by atoms with Gasteiger partial charge >= 0.3 is 18.2 Å². The molecule has 0 aromatic carbocycles. The Morgan fingerprint density at radius 2 is 2.00 bits per heavy atom. The molecule has 2 N–H and O–H groups in total. The van der Waals surface area contributed by atoms with Gasteiger partial charge in [-0.05, 0) is 52.7 Å². The maximum atomic E-state index is 13.9. The summed E-state index contributed by atoms with van der Waals surface area (Å²) in [5.41, 5.74) is -2.29. The van der Waals surface area contributed by atoms with Crippen molar-refractivity contribution in [3.05, 3.63) is 23.5 Å². The van der Waals surface area contributed by atoms with E-state index in [0.717, 1.165) is 4.90 Å². The zero-order valence-corrected chi connectivity index (χ0v) is 19.1. The lowest BCUT2D eigenvalue weighted by molar-refractivity contribution is -0.286. The normalized spacial score (nSPS) is 20.3. The Balaban J connectivity index is 1.96. The minimum atomic E-state index is -4.67. The van der Waals surface area contributed by atoms with E-state index in [2.05, 4.69) is 10.3 Å². The predicted octanol–water partition coefficient (Wildman–Crippen LogP) is 3.63. The van der Waals surface area contributed by atoms with Crippen LogP contribution in [-0.2, 0) is 20.6 Å². The first-order chi connectivity index (χ1) is 14.8. The van der Waals surface area contributed by atoms with Crippen LogP contribution in [0.15, 0.2) is 12.3 Å². The van der Waals surface area contributed by atoms with E-state index in [1.165, 1.54) is 6.92 Å². The van der Waals surface area contributed by atoms with Gasteiger partial charge in [0.15, 0.2) is 5.60 Å². The molecule has 2 heterocycles. The largest absolute Gasteiger partial charge is 0.461 e. The molecule has 1 saturated heterocycles. The van der Waals surface area contributed by atoms with E-state index < -0.39 is 42.2 Å². The number of alkyl halides is 3. The van der Waals surface area contributed by atoms with Crippen LogP contribution in [0.5, 0.6) is 0 Å². The fourth-order valence-electron chi connectivity index (χ4n) is 3.45. The number of rotatable bonds is 8. The van der Waals surface area contributed by atoms with Crippen LogP contribution in [0.4, 0.5) is 18.0 Å². The lowest BCUT2D eigenvalue weighted by atomic mass is 10.0. The smallest absolute Gasteiger partial charge is 0.419 e. The number of H-pyrrole nitrogens is 1. The van der Waals surface area contributed by atoms with Gasteiger partial charge in [-0.2, -0.15) is 13.2 Å². The van der Waals surface area contributed by atoms with Gasteiger partial charge < -0.3 is 24.1 Å². The molecule has 1 aliphatic rings. The first-order valence-corrected chi connectivity index (χ1v) is 10.6. The van der Waals surface area contributed by atoms with Crippen molar-refractivity contribution < 1.29 is 37.0 Å². The number of hydrogen-bond donors (Lipinski definition) is 2. The number of aromatic nitrogens is 1. The molecule has 2 atom stereocenters. The van der Waals surface area contributed by atoms with Crippen molar-refractivity contribution in [3.8, 4) is 0 Å². The highest BCUT2D eigenvalue weighted by Gasteiger charge is 2.61. The van der Waals surface area contributed by atoms with Gasteiger partial charge in [-0.3, -0.25) is 5.32 Å². The van der Waals surface area contributed by atoms with Crippen LogP contribution in [0.25, 0.3) is 0 Å². The van der Waals surface area contributed by atoms with Gasteiger partial charge in [0.2, 0.25) is 0 Å². The van der Waals surface area contributed by atoms with Crippen molar-refractivity contribution in [1.82, 2.24) is 15.2 Å². The molecule has 11 heteroatoms. The van der Waals surface area contributed by atoms with Gasteiger partial charge in [-0.1, -0.05) is 0 Å². The van der Waals surface area contributed by atoms with Crippen molar-refractivity contribution in [3.63, 3.8) is 0 Å². The highest BCUT2D eigenvalue weighted by atomic mass is 19.4. The monoisotopic (exact) mass is 463 g/mol. The SMILES string of the molecule is CCOC(=O)c1[nH]ccc1CCNC(C)OC1(C(F)(F)F)CCN(C(=O)OC(C)(C)C)C1. The van der Waals surface area contributed by atoms with Crippen LogP contribution in [-0.4, -0.2) is 71.8 Å². The molecular weight excluding hydrogens is 431 g/mol. The standard InChI is InChI=1S/C21H32F3N3O5/c1-6-30-17(28)16-15(8-11-26-16)7-10-25-14(2)31-20(21(22,23)24)9-12-27(13-20)18(29)32-19(3,4)5/h8,11,14,25-26H,6-7,9-10,12-13H2,1-5H3. The third-order valence-electron chi connectivity index (χ3n) is 4.94. The van der Waals surface area contributed by atoms with Crippen LogP contribution in [0.2, 0.25) is 0 Å². The topological polar surface area (TPSA) is 92.9 Å². The number of nitrogens with one attached hydrogen (secondary N) is 2. The molecule has 8 nitrogen and oxygen atoms in total. The first-order valence-electron chi connectivity index (χ1n) is 10.6. The van der Waals surface area contributed by atoms with E-state index in [-0.39, 0.29) is 26.1 Å². The van der Waals surface area contributed by atoms with Crippen LogP contribution in [0.1, 0.15) is 57.1 Å². The van der Waals surface area contributed by atoms with Gasteiger partial charge in [0.25, 0.3) is 0 Å². The third kappa shape index (κ3) is 6.61.